The van der Waals surface area contributed by atoms with Crippen LogP contribution in [-0.4, -0.2) is 10.8 Å². The number of carbonyl (C=O) groups excluding carboxylic acids is 1. The molecule has 18 heavy (non-hydrogen) atoms. The summed E-state index contributed by atoms with van der Waals surface area (Å²) in [6.45, 7) is 7.05. The lowest BCUT2D eigenvalue weighted by molar-refractivity contribution is -0.114. The van der Waals surface area contributed by atoms with E-state index < -0.39 is 0 Å². The Bertz CT molecular complexity index is 607. The van der Waals surface area contributed by atoms with E-state index in [1.807, 2.05) is 38.1 Å². The molecule has 0 aliphatic rings. The number of ketones is 1. The van der Waals surface area contributed by atoms with Gasteiger partial charge in [0.1, 0.15) is 5.78 Å². The number of H-pyrrole nitrogens is 1. The van der Waals surface area contributed by atoms with Gasteiger partial charge < -0.3 is 9.78 Å². The number of hydrogen-bond donors (Lipinski definition) is 1. The Balaban J connectivity index is 0.000000357. The molecule has 3 nitrogen and oxygen atoms in total. The van der Waals surface area contributed by atoms with Crippen molar-refractivity contribution in [2.45, 2.75) is 34.1 Å². The van der Waals surface area contributed by atoms with Gasteiger partial charge in [-0.1, -0.05) is 25.1 Å². The number of fused-ring (bicyclic) bond motifs is 1. The van der Waals surface area contributed by atoms with Gasteiger partial charge in [0.15, 0.2) is 0 Å². The molecule has 0 unspecified atom stereocenters. The summed E-state index contributed by atoms with van der Waals surface area (Å²) in [6.07, 6.45) is 0.777. The first kappa shape index (κ1) is 14.2. The molecule has 2 aromatic rings. The number of pyridine rings is 1. The zero-order valence-corrected chi connectivity index (χ0v) is 11.3. The number of carbonyl (C=O) groups is 1. The van der Waals surface area contributed by atoms with Gasteiger partial charge in [0.25, 0.3) is 5.56 Å². The maximum Gasteiger partial charge on any atom is 0.251 e. The number of aromatic nitrogens is 1. The van der Waals surface area contributed by atoms with Crippen molar-refractivity contribution in [3.8, 4) is 0 Å². The van der Waals surface area contributed by atoms with Crippen molar-refractivity contribution in [1.29, 1.82) is 0 Å². The number of Topliss-reactive ketones (excluding diaryl/α,β-unsaturated/α-hetero) is 1. The number of para-hydroxylation sites is 1. The van der Waals surface area contributed by atoms with Crippen molar-refractivity contribution in [3.05, 3.63) is 45.7 Å². The van der Waals surface area contributed by atoms with Gasteiger partial charge in [-0.3, -0.25) is 4.79 Å². The van der Waals surface area contributed by atoms with E-state index in [1.165, 1.54) is 13.8 Å². The second kappa shape index (κ2) is 6.15. The fourth-order valence-corrected chi connectivity index (χ4v) is 1.69. The molecule has 0 spiro atoms. The van der Waals surface area contributed by atoms with E-state index in [0.29, 0.717) is 0 Å². The molecule has 1 N–H and O–H groups in total. The summed E-state index contributed by atoms with van der Waals surface area (Å²) in [5, 5.41) is 1.11. The molecule has 1 aromatic carbocycles. The van der Waals surface area contributed by atoms with Crippen molar-refractivity contribution in [1.82, 2.24) is 4.98 Å². The molecular weight excluding hydrogens is 226 g/mol. The van der Waals surface area contributed by atoms with Crippen molar-refractivity contribution in [3.63, 3.8) is 0 Å². The number of aryl methyl sites for hydroxylation is 2. The largest absolute Gasteiger partial charge is 0.321 e. The van der Waals surface area contributed by atoms with E-state index in [0.717, 1.165) is 28.5 Å². The van der Waals surface area contributed by atoms with Gasteiger partial charge in [-0.05, 0) is 44.2 Å². The number of hydrogen-bond acceptors (Lipinski definition) is 2. The van der Waals surface area contributed by atoms with Crippen molar-refractivity contribution < 1.29 is 4.79 Å². The first-order chi connectivity index (χ1) is 8.45. The minimum absolute atomic E-state index is 0.0364. The number of aromatic amines is 1. The molecule has 0 bridgehead atoms. The van der Waals surface area contributed by atoms with Gasteiger partial charge in [0.05, 0.1) is 5.52 Å². The van der Waals surface area contributed by atoms with E-state index in [4.69, 9.17) is 0 Å². The van der Waals surface area contributed by atoms with E-state index in [9.17, 15) is 9.59 Å². The topological polar surface area (TPSA) is 49.9 Å². The molecule has 1 heterocycles. The van der Waals surface area contributed by atoms with Crippen LogP contribution in [0.25, 0.3) is 10.9 Å². The summed E-state index contributed by atoms with van der Waals surface area (Å²) in [5.74, 6) is 0.167. The van der Waals surface area contributed by atoms with Crippen LogP contribution in [-0.2, 0) is 11.2 Å². The minimum atomic E-state index is 0.0364. The Morgan fingerprint density at radius 3 is 2.44 bits per heavy atom. The van der Waals surface area contributed by atoms with Gasteiger partial charge >= 0.3 is 0 Å². The fourth-order valence-electron chi connectivity index (χ4n) is 1.69. The minimum Gasteiger partial charge on any atom is -0.321 e. The van der Waals surface area contributed by atoms with E-state index in [1.54, 1.807) is 0 Å². The van der Waals surface area contributed by atoms with Crippen LogP contribution in [0, 0.1) is 6.92 Å². The summed E-state index contributed by atoms with van der Waals surface area (Å²) < 4.78 is 0. The highest BCUT2D eigenvalue weighted by atomic mass is 16.1. The Hall–Kier alpha value is -1.90. The maximum atomic E-state index is 11.6. The summed E-state index contributed by atoms with van der Waals surface area (Å²) >= 11 is 0. The zero-order chi connectivity index (χ0) is 13.7. The second-order valence-electron chi connectivity index (χ2n) is 4.42. The van der Waals surface area contributed by atoms with Gasteiger partial charge in [0, 0.05) is 5.56 Å². The third kappa shape index (κ3) is 3.55. The van der Waals surface area contributed by atoms with Crippen LogP contribution in [0.4, 0.5) is 0 Å². The Morgan fingerprint density at radius 2 is 1.89 bits per heavy atom. The van der Waals surface area contributed by atoms with Crippen LogP contribution < -0.4 is 5.56 Å². The number of nitrogens with one attached hydrogen (secondary N) is 1. The zero-order valence-electron chi connectivity index (χ0n) is 11.3. The van der Waals surface area contributed by atoms with Crippen LogP contribution in [0.3, 0.4) is 0 Å². The Labute approximate surface area is 107 Å². The van der Waals surface area contributed by atoms with Crippen molar-refractivity contribution in [2.24, 2.45) is 0 Å². The fraction of sp³-hybridized carbons (Fsp3) is 0.333. The van der Waals surface area contributed by atoms with Gasteiger partial charge in [-0.2, -0.15) is 0 Å². The molecular formula is C15H19NO2. The van der Waals surface area contributed by atoms with E-state index in [-0.39, 0.29) is 11.3 Å². The van der Waals surface area contributed by atoms with Gasteiger partial charge in [-0.15, -0.1) is 0 Å². The van der Waals surface area contributed by atoms with Crippen LogP contribution >= 0.6 is 0 Å². The number of rotatable bonds is 1. The third-order valence-corrected chi connectivity index (χ3v) is 2.55. The molecule has 96 valence electrons. The van der Waals surface area contributed by atoms with Crippen LogP contribution in [0.15, 0.2) is 29.1 Å². The van der Waals surface area contributed by atoms with E-state index >= 15 is 0 Å². The predicted molar refractivity (Wildman–Crippen MR) is 75.0 cm³/mol. The first-order valence-electron chi connectivity index (χ1n) is 6.04. The molecule has 0 amide bonds. The second-order valence-corrected chi connectivity index (χ2v) is 4.42. The summed E-state index contributed by atoms with van der Waals surface area (Å²) in [6, 6.07) is 8.01. The molecule has 0 saturated carbocycles. The van der Waals surface area contributed by atoms with Gasteiger partial charge in [-0.25, -0.2) is 0 Å². The highest BCUT2D eigenvalue weighted by molar-refractivity contribution is 5.81. The smallest absolute Gasteiger partial charge is 0.251 e. The molecule has 1 aromatic heterocycles. The van der Waals surface area contributed by atoms with Crippen LogP contribution in [0.5, 0.6) is 0 Å². The standard InChI is InChI=1S/C12H13NO.C3H6O/c1-3-9-7-10-6-4-5-8(2)11(10)13-12(9)14;1-3(2)4/h4-7H,3H2,1-2H3,(H,13,14);1-2H3. The van der Waals surface area contributed by atoms with Crippen LogP contribution in [0.2, 0.25) is 0 Å². The van der Waals surface area contributed by atoms with Crippen molar-refractivity contribution >= 4 is 16.7 Å². The molecule has 0 aliphatic carbocycles. The lowest BCUT2D eigenvalue weighted by atomic mass is 10.1. The summed E-state index contributed by atoms with van der Waals surface area (Å²) in [7, 11) is 0. The molecule has 0 radical (unpaired) electrons. The lowest BCUT2D eigenvalue weighted by Gasteiger charge is -2.03. The van der Waals surface area contributed by atoms with Crippen molar-refractivity contribution in [2.75, 3.05) is 0 Å². The molecule has 0 fully saturated rings. The highest BCUT2D eigenvalue weighted by Crippen LogP contribution is 2.14. The number of benzene rings is 1. The Morgan fingerprint density at radius 1 is 1.28 bits per heavy atom. The summed E-state index contributed by atoms with van der Waals surface area (Å²) in [4.78, 5) is 23.9. The summed E-state index contributed by atoms with van der Waals surface area (Å²) in [5.41, 5.74) is 2.95. The normalized spacial score (nSPS) is 9.78. The predicted octanol–water partition coefficient (Wildman–Crippen LogP) is 2.99. The lowest BCUT2D eigenvalue weighted by Crippen LogP contribution is -2.11. The quantitative estimate of drug-likeness (QED) is 0.839. The average Bonchev–Trinajstić information content (AvgIpc) is 2.29. The SMILES string of the molecule is CC(C)=O.CCc1cc2cccc(C)c2[nH]c1=O. The third-order valence-electron chi connectivity index (χ3n) is 2.55. The molecule has 3 heteroatoms. The van der Waals surface area contributed by atoms with E-state index in [2.05, 4.69) is 4.98 Å². The molecule has 0 saturated heterocycles. The first-order valence-corrected chi connectivity index (χ1v) is 6.04. The highest BCUT2D eigenvalue weighted by Gasteiger charge is 2.01. The molecule has 2 rings (SSSR count). The maximum absolute atomic E-state index is 11.6. The Kier molecular flexibility index (Phi) is 4.84. The molecule has 0 atom stereocenters. The van der Waals surface area contributed by atoms with Gasteiger partial charge in [0.2, 0.25) is 0 Å². The average molecular weight is 245 g/mol. The monoisotopic (exact) mass is 245 g/mol. The van der Waals surface area contributed by atoms with Crippen LogP contribution in [0.1, 0.15) is 31.9 Å². The molecule has 0 aliphatic heterocycles.